The lowest BCUT2D eigenvalue weighted by molar-refractivity contribution is 0.317. The molecule has 0 saturated heterocycles. The molecule has 6 heavy (non-hydrogen) atoms. The third-order valence-corrected chi connectivity index (χ3v) is 0.432. The van der Waals surface area contributed by atoms with Crippen LogP contribution >= 0.6 is 0 Å². The number of rotatable bonds is 1. The van der Waals surface area contributed by atoms with Gasteiger partial charge in [0.2, 0.25) is 0 Å². The molecule has 2 radical (unpaired) electrons. The van der Waals surface area contributed by atoms with Crippen molar-refractivity contribution in [2.75, 3.05) is 0 Å². The Morgan fingerprint density at radius 3 is 2.50 bits per heavy atom. The molecule has 0 aliphatic rings. The first-order valence-electron chi connectivity index (χ1n) is 1.71. The summed E-state index contributed by atoms with van der Waals surface area (Å²) in [5, 5.41) is 10.2. The van der Waals surface area contributed by atoms with Gasteiger partial charge in [-0.2, -0.15) is 0 Å². The molecule has 0 aromatic carbocycles. The van der Waals surface area contributed by atoms with Gasteiger partial charge in [0.15, 0.2) is 5.84 Å². The van der Waals surface area contributed by atoms with Crippen molar-refractivity contribution in [3.8, 4) is 0 Å². The molecular formula is C3H6N2O. The van der Waals surface area contributed by atoms with Crippen molar-refractivity contribution in [1.29, 1.82) is 0 Å². The minimum atomic E-state index is -0.227. The maximum Gasteiger partial charge on any atom is 0.189 e. The summed E-state index contributed by atoms with van der Waals surface area (Å²) in [6, 6.07) is 0. The second-order valence-electron chi connectivity index (χ2n) is 0.870. The lowest BCUT2D eigenvalue weighted by atomic mass is 10.5. The van der Waals surface area contributed by atoms with Gasteiger partial charge in [-0.3, -0.25) is 0 Å². The summed E-state index contributed by atoms with van der Waals surface area (Å²) in [5.41, 5.74) is 8.17. The number of nitrogens with zero attached hydrogens (tertiary/aromatic N) is 2. The molecule has 3 nitrogen and oxygen atoms in total. The van der Waals surface area contributed by atoms with Gasteiger partial charge in [-0.05, 0) is 0 Å². The van der Waals surface area contributed by atoms with Crippen molar-refractivity contribution in [1.82, 2.24) is 5.73 Å². The Labute approximate surface area is 36.5 Å². The summed E-state index contributed by atoms with van der Waals surface area (Å²) in [6.45, 7) is 1.69. The monoisotopic (exact) mass is 86.0 g/mol. The van der Waals surface area contributed by atoms with Crippen LogP contribution in [-0.2, 0) is 0 Å². The van der Waals surface area contributed by atoms with E-state index in [1.54, 1.807) is 6.92 Å². The third-order valence-electron chi connectivity index (χ3n) is 0.432. The third kappa shape index (κ3) is 1.58. The minimum absolute atomic E-state index is 0.227. The van der Waals surface area contributed by atoms with E-state index in [1.807, 2.05) is 0 Å². The summed E-state index contributed by atoms with van der Waals surface area (Å²) in [5.74, 6) is -0.227. The molecule has 3 heteroatoms. The van der Waals surface area contributed by atoms with Crippen LogP contribution in [0.1, 0.15) is 13.3 Å². The largest absolute Gasteiger partial charge is 0.409 e. The van der Waals surface area contributed by atoms with Gasteiger partial charge in [-0.25, -0.2) is 0 Å². The minimum Gasteiger partial charge on any atom is -0.409 e. The van der Waals surface area contributed by atoms with Crippen molar-refractivity contribution in [2.45, 2.75) is 13.3 Å². The molecule has 0 unspecified atom stereocenters. The summed E-state index contributed by atoms with van der Waals surface area (Å²) >= 11 is 0. The lowest BCUT2D eigenvalue weighted by Gasteiger charge is -1.77. The second kappa shape index (κ2) is 2.50. The average Bonchev–Trinajstić information content (AvgIpc) is 1.65. The van der Waals surface area contributed by atoms with Crippen LogP contribution < -0.4 is 5.73 Å². The Morgan fingerprint density at radius 2 is 2.50 bits per heavy atom. The lowest BCUT2D eigenvalue weighted by Crippen LogP contribution is -1.93. The van der Waals surface area contributed by atoms with Gasteiger partial charge in [0.25, 0.3) is 0 Å². The van der Waals surface area contributed by atoms with Crippen LogP contribution in [0.25, 0.3) is 0 Å². The summed E-state index contributed by atoms with van der Waals surface area (Å²) < 4.78 is 0. The molecule has 0 saturated carbocycles. The SMILES string of the molecule is CC/C([N])=N\O. The number of hydrogen-bond donors (Lipinski definition) is 1. The number of oxime groups is 1. The smallest absolute Gasteiger partial charge is 0.189 e. The molecule has 0 aromatic heterocycles. The van der Waals surface area contributed by atoms with Gasteiger partial charge in [-0.15, -0.1) is 5.73 Å². The van der Waals surface area contributed by atoms with E-state index in [1.165, 1.54) is 0 Å². The van der Waals surface area contributed by atoms with Crippen LogP contribution in [0.2, 0.25) is 0 Å². The Bertz CT molecular complexity index is 59.8. The van der Waals surface area contributed by atoms with E-state index < -0.39 is 0 Å². The van der Waals surface area contributed by atoms with Crippen molar-refractivity contribution < 1.29 is 5.21 Å². The Kier molecular flexibility index (Phi) is 2.20. The van der Waals surface area contributed by atoms with Crippen LogP contribution in [0.5, 0.6) is 0 Å². The summed E-state index contributed by atoms with van der Waals surface area (Å²) in [6.07, 6.45) is 0.385. The topological polar surface area (TPSA) is 54.9 Å². The Balaban J connectivity index is 3.22. The maximum atomic E-state index is 8.17. The molecule has 0 aliphatic carbocycles. The van der Waals surface area contributed by atoms with E-state index in [9.17, 15) is 0 Å². The van der Waals surface area contributed by atoms with Crippen molar-refractivity contribution in [3.63, 3.8) is 0 Å². The standard InChI is InChI=1S/C3H6N2O/c1-2-3(4)5-6/h6H,2H2,1H3/b5-3+. The first-order chi connectivity index (χ1) is 2.81. The Morgan fingerprint density at radius 1 is 2.00 bits per heavy atom. The van der Waals surface area contributed by atoms with E-state index in [4.69, 9.17) is 10.9 Å². The van der Waals surface area contributed by atoms with Crippen LogP contribution in [0.15, 0.2) is 5.16 Å². The molecule has 0 atom stereocenters. The fraction of sp³-hybridized carbons (Fsp3) is 0.667. The highest BCUT2D eigenvalue weighted by Crippen LogP contribution is 1.72. The molecule has 34 valence electrons. The van der Waals surface area contributed by atoms with Crippen molar-refractivity contribution in [3.05, 3.63) is 0 Å². The summed E-state index contributed by atoms with van der Waals surface area (Å²) in [7, 11) is 0. The van der Waals surface area contributed by atoms with Crippen LogP contribution in [-0.4, -0.2) is 11.0 Å². The van der Waals surface area contributed by atoms with Crippen LogP contribution in [0.4, 0.5) is 0 Å². The first kappa shape index (κ1) is 5.27. The molecule has 0 heterocycles. The second-order valence-corrected chi connectivity index (χ2v) is 0.870. The molecule has 0 amide bonds. The number of amidine groups is 1. The zero-order chi connectivity index (χ0) is 4.99. The van der Waals surface area contributed by atoms with E-state index in [0.29, 0.717) is 6.42 Å². The van der Waals surface area contributed by atoms with Gasteiger partial charge in [-0.1, -0.05) is 12.1 Å². The fourth-order valence-electron chi connectivity index (χ4n) is 0.0707. The van der Waals surface area contributed by atoms with Gasteiger partial charge in [0, 0.05) is 6.42 Å². The molecule has 0 bridgehead atoms. The Hall–Kier alpha value is -0.730. The van der Waals surface area contributed by atoms with Gasteiger partial charge >= 0.3 is 0 Å². The molecule has 0 aliphatic heterocycles. The fourth-order valence-corrected chi connectivity index (χ4v) is 0.0707. The molecule has 0 rings (SSSR count). The van der Waals surface area contributed by atoms with Gasteiger partial charge < -0.3 is 5.21 Å². The predicted molar refractivity (Wildman–Crippen MR) is 21.6 cm³/mol. The van der Waals surface area contributed by atoms with Crippen LogP contribution in [0.3, 0.4) is 0 Å². The highest BCUT2D eigenvalue weighted by atomic mass is 16.4. The zero-order valence-corrected chi connectivity index (χ0v) is 3.55. The molecular weight excluding hydrogens is 80.0 g/mol. The van der Waals surface area contributed by atoms with E-state index >= 15 is 0 Å². The molecule has 1 N–H and O–H groups in total. The molecule has 0 aromatic rings. The van der Waals surface area contributed by atoms with Gasteiger partial charge in [0.1, 0.15) is 0 Å². The van der Waals surface area contributed by atoms with Crippen molar-refractivity contribution >= 4 is 5.84 Å². The predicted octanol–water partition coefficient (Wildman–Crippen LogP) is 0.253. The summed E-state index contributed by atoms with van der Waals surface area (Å²) in [4.78, 5) is 0. The normalized spacial score (nSPS) is 11.8. The molecule has 0 fully saturated rings. The average molecular weight is 86.1 g/mol. The molecule has 0 spiro atoms. The maximum absolute atomic E-state index is 8.17. The van der Waals surface area contributed by atoms with Crippen molar-refractivity contribution in [2.24, 2.45) is 5.16 Å². The quantitative estimate of drug-likeness (QED) is 0.211. The van der Waals surface area contributed by atoms with E-state index in [0.717, 1.165) is 0 Å². The van der Waals surface area contributed by atoms with Crippen LogP contribution in [0, 0.1) is 0 Å². The van der Waals surface area contributed by atoms with E-state index in [2.05, 4.69) is 5.16 Å². The highest BCUT2D eigenvalue weighted by Gasteiger charge is 1.83. The zero-order valence-electron chi connectivity index (χ0n) is 3.55. The number of hydrogen-bond acceptors (Lipinski definition) is 2. The van der Waals surface area contributed by atoms with Gasteiger partial charge in [0.05, 0.1) is 0 Å². The highest BCUT2D eigenvalue weighted by molar-refractivity contribution is 5.78. The van der Waals surface area contributed by atoms with E-state index in [-0.39, 0.29) is 5.84 Å². The first-order valence-corrected chi connectivity index (χ1v) is 1.71.